The van der Waals surface area contributed by atoms with Crippen LogP contribution in [0.15, 0.2) is 82.2 Å². The summed E-state index contributed by atoms with van der Waals surface area (Å²) in [6, 6.07) is 19.5. The molecule has 0 saturated heterocycles. The van der Waals surface area contributed by atoms with Gasteiger partial charge in [-0.15, -0.1) is 0 Å². The lowest BCUT2D eigenvalue weighted by molar-refractivity contribution is 0.0890. The Morgan fingerprint density at radius 3 is 2.55 bits per heavy atom. The highest BCUT2D eigenvalue weighted by molar-refractivity contribution is 5.85. The van der Waals surface area contributed by atoms with E-state index in [9.17, 15) is 9.18 Å². The van der Waals surface area contributed by atoms with Crippen molar-refractivity contribution in [3.63, 3.8) is 0 Å². The normalized spacial score (nSPS) is 13.8. The maximum atomic E-state index is 13.1. The first kappa shape index (κ1) is 17.6. The Labute approximate surface area is 166 Å². The second-order valence-corrected chi connectivity index (χ2v) is 7.15. The average molecular weight is 387 g/mol. The number of halogens is 1. The van der Waals surface area contributed by atoms with Gasteiger partial charge in [-0.25, -0.2) is 4.39 Å². The zero-order chi connectivity index (χ0) is 19.8. The Hall–Kier alpha value is -3.44. The maximum absolute atomic E-state index is 13.1. The van der Waals surface area contributed by atoms with Gasteiger partial charge in [-0.3, -0.25) is 9.69 Å². The monoisotopic (exact) mass is 387 g/mol. The van der Waals surface area contributed by atoms with Crippen molar-refractivity contribution >= 4 is 11.0 Å². The molecule has 4 nitrogen and oxygen atoms in total. The van der Waals surface area contributed by atoms with Crippen LogP contribution in [-0.2, 0) is 13.1 Å². The minimum atomic E-state index is -0.254. The molecule has 5 heteroatoms. The first-order valence-corrected chi connectivity index (χ1v) is 9.41. The topological polar surface area (TPSA) is 42.7 Å². The van der Waals surface area contributed by atoms with Crippen LogP contribution in [0.5, 0.6) is 5.75 Å². The van der Waals surface area contributed by atoms with Crippen LogP contribution in [0.25, 0.3) is 22.1 Å². The highest BCUT2D eigenvalue weighted by Crippen LogP contribution is 2.33. The predicted molar refractivity (Wildman–Crippen MR) is 109 cm³/mol. The van der Waals surface area contributed by atoms with E-state index in [0.717, 1.165) is 22.4 Å². The molecule has 3 aromatic carbocycles. The van der Waals surface area contributed by atoms with Crippen LogP contribution in [0.2, 0.25) is 0 Å². The first-order valence-electron chi connectivity index (χ1n) is 9.41. The number of nitrogens with zero attached hydrogens (tertiary/aromatic N) is 1. The average Bonchev–Trinajstić information content (AvgIpc) is 2.76. The van der Waals surface area contributed by atoms with Gasteiger partial charge in [0.15, 0.2) is 0 Å². The molecule has 0 bridgehead atoms. The third-order valence-corrected chi connectivity index (χ3v) is 5.19. The zero-order valence-electron chi connectivity index (χ0n) is 15.6. The van der Waals surface area contributed by atoms with Crippen molar-refractivity contribution in [2.24, 2.45) is 0 Å². The number of benzene rings is 3. The molecule has 0 saturated carbocycles. The fourth-order valence-corrected chi connectivity index (χ4v) is 3.72. The van der Waals surface area contributed by atoms with E-state index in [2.05, 4.69) is 4.90 Å². The number of fused-ring (bicyclic) bond motifs is 3. The quantitative estimate of drug-likeness (QED) is 0.499. The summed E-state index contributed by atoms with van der Waals surface area (Å²) in [6.07, 6.45) is 1.53. The zero-order valence-corrected chi connectivity index (χ0v) is 15.6. The molecule has 144 valence electrons. The van der Waals surface area contributed by atoms with Crippen LogP contribution in [0, 0.1) is 5.82 Å². The van der Waals surface area contributed by atoms with Crippen molar-refractivity contribution in [1.82, 2.24) is 4.90 Å². The molecule has 0 atom stereocenters. The standard InChI is InChI=1S/C24H18FNO3/c25-18-8-6-16(7-9-18)12-26-13-20-22(29-15-26)11-10-19-23(27)21(14-28-24(19)20)17-4-2-1-3-5-17/h1-11,14H,12-13,15H2. The Balaban J connectivity index is 1.51. The summed E-state index contributed by atoms with van der Waals surface area (Å²) in [5.74, 6) is 0.472. The Bertz CT molecular complexity index is 1230. The van der Waals surface area contributed by atoms with Crippen LogP contribution in [0.4, 0.5) is 4.39 Å². The van der Waals surface area contributed by atoms with Crippen molar-refractivity contribution in [3.05, 3.63) is 100 Å². The van der Waals surface area contributed by atoms with Crippen LogP contribution in [0.3, 0.4) is 0 Å². The van der Waals surface area contributed by atoms with Gasteiger partial charge in [0.1, 0.15) is 30.1 Å². The van der Waals surface area contributed by atoms with Gasteiger partial charge in [-0.05, 0) is 35.4 Å². The lowest BCUT2D eigenvalue weighted by Crippen LogP contribution is -2.31. The van der Waals surface area contributed by atoms with Gasteiger partial charge in [-0.1, -0.05) is 42.5 Å². The number of ether oxygens (including phenoxy) is 1. The highest BCUT2D eigenvalue weighted by atomic mass is 19.1. The van der Waals surface area contributed by atoms with E-state index >= 15 is 0 Å². The summed E-state index contributed by atoms with van der Waals surface area (Å²) < 4.78 is 25.0. The molecule has 1 aliphatic heterocycles. The molecule has 0 amide bonds. The summed E-state index contributed by atoms with van der Waals surface area (Å²) in [5.41, 5.74) is 3.71. The summed E-state index contributed by atoms with van der Waals surface area (Å²) in [6.45, 7) is 1.61. The van der Waals surface area contributed by atoms with Crippen LogP contribution < -0.4 is 10.2 Å². The van der Waals surface area contributed by atoms with E-state index in [1.807, 2.05) is 36.4 Å². The third kappa shape index (κ3) is 3.30. The lowest BCUT2D eigenvalue weighted by atomic mass is 10.0. The molecule has 0 fully saturated rings. The maximum Gasteiger partial charge on any atom is 0.200 e. The number of hydrogen-bond donors (Lipinski definition) is 0. The molecule has 0 N–H and O–H groups in total. The third-order valence-electron chi connectivity index (χ3n) is 5.19. The summed E-state index contributed by atoms with van der Waals surface area (Å²) in [5, 5.41) is 0.539. The second-order valence-electron chi connectivity index (χ2n) is 7.15. The SMILES string of the molecule is O=c1c(-c2ccccc2)coc2c3c(ccc12)OCN(Cc1ccc(F)cc1)C3. The van der Waals surface area contributed by atoms with E-state index < -0.39 is 0 Å². The molecule has 4 aromatic rings. The number of rotatable bonds is 3. The Kier molecular flexibility index (Phi) is 4.37. The molecular formula is C24H18FNO3. The largest absolute Gasteiger partial charge is 0.478 e. The summed E-state index contributed by atoms with van der Waals surface area (Å²) in [4.78, 5) is 15.2. The van der Waals surface area contributed by atoms with Crippen molar-refractivity contribution in [2.75, 3.05) is 6.73 Å². The van der Waals surface area contributed by atoms with E-state index in [1.165, 1.54) is 18.4 Å². The van der Waals surface area contributed by atoms with Gasteiger partial charge in [-0.2, -0.15) is 0 Å². The molecule has 0 aliphatic carbocycles. The first-order chi connectivity index (χ1) is 14.2. The molecular weight excluding hydrogens is 369 g/mol. The summed E-state index contributed by atoms with van der Waals surface area (Å²) >= 11 is 0. The minimum absolute atomic E-state index is 0.0593. The predicted octanol–water partition coefficient (Wildman–Crippen LogP) is 4.95. The van der Waals surface area contributed by atoms with Crippen molar-refractivity contribution in [1.29, 1.82) is 0 Å². The van der Waals surface area contributed by atoms with Crippen molar-refractivity contribution < 1.29 is 13.5 Å². The molecule has 1 aliphatic rings. The van der Waals surface area contributed by atoms with Gasteiger partial charge in [0.05, 0.1) is 16.5 Å². The van der Waals surface area contributed by atoms with Crippen LogP contribution in [0.1, 0.15) is 11.1 Å². The van der Waals surface area contributed by atoms with Gasteiger partial charge in [0.2, 0.25) is 5.43 Å². The minimum Gasteiger partial charge on any atom is -0.478 e. The van der Waals surface area contributed by atoms with E-state index in [-0.39, 0.29) is 11.2 Å². The molecule has 0 spiro atoms. The smallest absolute Gasteiger partial charge is 0.200 e. The van der Waals surface area contributed by atoms with Gasteiger partial charge in [0.25, 0.3) is 0 Å². The molecule has 1 aromatic heterocycles. The Morgan fingerprint density at radius 2 is 1.76 bits per heavy atom. The lowest BCUT2D eigenvalue weighted by Gasteiger charge is -2.29. The highest BCUT2D eigenvalue weighted by Gasteiger charge is 2.23. The fourth-order valence-electron chi connectivity index (χ4n) is 3.72. The second kappa shape index (κ2) is 7.18. The molecule has 2 heterocycles. The Morgan fingerprint density at radius 1 is 0.966 bits per heavy atom. The van der Waals surface area contributed by atoms with Crippen LogP contribution in [-0.4, -0.2) is 11.6 Å². The molecule has 0 unspecified atom stereocenters. The van der Waals surface area contributed by atoms with Crippen LogP contribution >= 0.6 is 0 Å². The fraction of sp³-hybridized carbons (Fsp3) is 0.125. The summed E-state index contributed by atoms with van der Waals surface area (Å²) in [7, 11) is 0. The van der Waals surface area contributed by atoms with Gasteiger partial charge >= 0.3 is 0 Å². The van der Waals surface area contributed by atoms with Gasteiger partial charge < -0.3 is 9.15 Å². The molecule has 5 rings (SSSR count). The molecule has 0 radical (unpaired) electrons. The van der Waals surface area contributed by atoms with E-state index in [4.69, 9.17) is 9.15 Å². The van der Waals surface area contributed by atoms with Crippen molar-refractivity contribution in [3.8, 4) is 16.9 Å². The van der Waals surface area contributed by atoms with Crippen molar-refractivity contribution in [2.45, 2.75) is 13.1 Å². The van der Waals surface area contributed by atoms with E-state index in [0.29, 0.717) is 36.4 Å². The number of hydrogen-bond acceptors (Lipinski definition) is 4. The van der Waals surface area contributed by atoms with E-state index in [1.54, 1.807) is 18.2 Å². The van der Waals surface area contributed by atoms with Gasteiger partial charge in [0, 0.05) is 13.1 Å². The molecule has 29 heavy (non-hydrogen) atoms.